The zero-order chi connectivity index (χ0) is 45.8. The van der Waals surface area contributed by atoms with Gasteiger partial charge in [-0.05, 0) is 65.7 Å². The number of halogens is 4. The van der Waals surface area contributed by atoms with Crippen LogP contribution < -0.4 is 9.80 Å². The fourth-order valence-corrected chi connectivity index (χ4v) is 11.8. The molecule has 2 aromatic heterocycles. The molecule has 0 saturated carbocycles. The first-order valence-electron chi connectivity index (χ1n) is 19.2. The third kappa shape index (κ3) is 11.2. The van der Waals surface area contributed by atoms with Gasteiger partial charge in [0, 0.05) is 105 Å². The number of hydrogen-bond acceptors (Lipinski definition) is 14. The molecule has 0 atom stereocenters. The first kappa shape index (κ1) is 46.8. The molecule has 16 nitrogen and oxygen atoms in total. The van der Waals surface area contributed by atoms with Crippen LogP contribution in [0.25, 0.3) is 0 Å². The molecule has 0 amide bonds. The summed E-state index contributed by atoms with van der Waals surface area (Å²) >= 11 is 14.5. The molecule has 8 rings (SSSR count). The van der Waals surface area contributed by atoms with E-state index in [-0.39, 0.29) is 52.4 Å². The Morgan fingerprint density at radius 1 is 0.594 bits per heavy atom. The van der Waals surface area contributed by atoms with Crippen LogP contribution in [0.2, 0.25) is 10.0 Å². The fraction of sp³-hybridized carbons (Fsp3) is 0.250. The Kier molecular flexibility index (Phi) is 14.5. The van der Waals surface area contributed by atoms with Crippen molar-refractivity contribution in [2.45, 2.75) is 22.6 Å². The Bertz CT molecular complexity index is 2860. The molecule has 4 heterocycles. The first-order chi connectivity index (χ1) is 30.5. The lowest BCUT2D eigenvalue weighted by molar-refractivity contribution is -0.385. The van der Waals surface area contributed by atoms with E-state index >= 15 is 0 Å². The molecular weight excluding hydrogens is 958 g/mol. The van der Waals surface area contributed by atoms with Gasteiger partial charge < -0.3 is 9.80 Å². The van der Waals surface area contributed by atoms with E-state index in [9.17, 15) is 45.8 Å². The van der Waals surface area contributed by atoms with Crippen molar-refractivity contribution in [3.8, 4) is 0 Å². The summed E-state index contributed by atoms with van der Waals surface area (Å²) in [5, 5.41) is 27.3. The molecule has 336 valence electrons. The highest BCUT2D eigenvalue weighted by Gasteiger charge is 2.31. The monoisotopic (exact) mass is 992 g/mol. The molecule has 0 bridgehead atoms. The summed E-state index contributed by atoms with van der Waals surface area (Å²) in [7, 11) is -7.47. The second-order valence-corrected chi connectivity index (χ2v) is 20.8. The van der Waals surface area contributed by atoms with Crippen molar-refractivity contribution in [3.05, 3.63) is 160 Å². The van der Waals surface area contributed by atoms with Crippen LogP contribution in [0.15, 0.2) is 105 Å². The van der Waals surface area contributed by atoms with Crippen molar-refractivity contribution in [1.29, 1.82) is 0 Å². The first-order valence-corrected chi connectivity index (χ1v) is 24.6. The van der Waals surface area contributed by atoms with E-state index in [1.165, 1.54) is 104 Å². The molecule has 2 fully saturated rings. The van der Waals surface area contributed by atoms with E-state index in [4.69, 9.17) is 23.2 Å². The van der Waals surface area contributed by atoms with E-state index in [0.717, 1.165) is 32.8 Å². The lowest BCUT2D eigenvalue weighted by Crippen LogP contribution is -2.48. The molecule has 2 aliphatic rings. The van der Waals surface area contributed by atoms with Crippen molar-refractivity contribution in [2.24, 2.45) is 0 Å². The average Bonchev–Trinajstić information content (AvgIpc) is 3.95. The second kappa shape index (κ2) is 19.9. The van der Waals surface area contributed by atoms with E-state index in [0.29, 0.717) is 44.0 Å². The van der Waals surface area contributed by atoms with Crippen LogP contribution in [0.5, 0.6) is 0 Å². The number of piperazine rings is 2. The van der Waals surface area contributed by atoms with Gasteiger partial charge in [-0.1, -0.05) is 29.3 Å². The van der Waals surface area contributed by atoms with Crippen molar-refractivity contribution >= 4 is 87.6 Å². The van der Waals surface area contributed by atoms with E-state index in [1.54, 1.807) is 12.1 Å². The number of benzene rings is 4. The van der Waals surface area contributed by atoms with E-state index in [2.05, 4.69) is 9.97 Å². The summed E-state index contributed by atoms with van der Waals surface area (Å²) in [5.41, 5.74) is 2.76. The maximum absolute atomic E-state index is 13.6. The van der Waals surface area contributed by atoms with Crippen LogP contribution in [0.3, 0.4) is 0 Å². The van der Waals surface area contributed by atoms with Crippen LogP contribution in [0, 0.1) is 31.9 Å². The Morgan fingerprint density at radius 3 is 1.44 bits per heavy atom. The molecule has 64 heavy (non-hydrogen) atoms. The molecule has 0 spiro atoms. The Hall–Kier alpha value is -5.20. The Balaban J connectivity index is 0.000000191. The van der Waals surface area contributed by atoms with Gasteiger partial charge in [-0.15, -0.1) is 22.7 Å². The highest BCUT2D eigenvalue weighted by Crippen LogP contribution is 2.29. The topological polar surface area (TPSA) is 193 Å². The van der Waals surface area contributed by atoms with Gasteiger partial charge in [0.2, 0.25) is 20.0 Å². The van der Waals surface area contributed by atoms with Gasteiger partial charge >= 0.3 is 0 Å². The SMILES string of the molecule is O=[N+]([O-])c1ccc(S(=O)(=O)N2CCN(c3nc(Cc4cc(F)cc(Cl)c4)cs3)CC2)cc1.O=[N+]([O-])c1ccc(S(=O)(=O)N2CCN(c3nc(Cc4ccc(Cl)c(F)c4)cs3)CC2)cc1. The number of rotatable bonds is 12. The Labute approximate surface area is 384 Å². The third-order valence-electron chi connectivity index (χ3n) is 10.1. The summed E-state index contributed by atoms with van der Waals surface area (Å²) in [6.45, 7) is 2.95. The maximum atomic E-state index is 13.6. The predicted molar refractivity (Wildman–Crippen MR) is 241 cm³/mol. The van der Waals surface area contributed by atoms with Gasteiger partial charge in [0.25, 0.3) is 11.4 Å². The number of sulfonamides is 2. The molecule has 6 aromatic rings. The number of hydrogen-bond donors (Lipinski definition) is 0. The minimum atomic E-state index is -3.73. The van der Waals surface area contributed by atoms with Crippen LogP contribution in [-0.4, -0.2) is 97.6 Å². The molecule has 4 aromatic carbocycles. The predicted octanol–water partition coefficient (Wildman–Crippen LogP) is 7.89. The molecule has 2 saturated heterocycles. The number of nitro groups is 2. The Morgan fingerprint density at radius 2 is 1.03 bits per heavy atom. The number of nitro benzene ring substituents is 2. The molecule has 0 N–H and O–H groups in total. The van der Waals surface area contributed by atoms with Gasteiger partial charge in [0.15, 0.2) is 10.3 Å². The molecule has 2 aliphatic heterocycles. The third-order valence-corrected chi connectivity index (χ3v) is 16.4. The number of anilines is 2. The van der Waals surface area contributed by atoms with Crippen LogP contribution >= 0.6 is 45.9 Å². The quantitative estimate of drug-likeness (QED) is 0.0852. The van der Waals surface area contributed by atoms with E-state index < -0.39 is 41.5 Å². The van der Waals surface area contributed by atoms with Crippen molar-refractivity contribution < 1.29 is 35.5 Å². The average molecular weight is 994 g/mol. The number of nitrogens with zero attached hydrogens (tertiary/aromatic N) is 8. The molecule has 24 heteroatoms. The normalized spacial score (nSPS) is 15.1. The number of aromatic nitrogens is 2. The summed E-state index contributed by atoms with van der Waals surface area (Å²) < 4.78 is 81.4. The summed E-state index contributed by atoms with van der Waals surface area (Å²) in [6, 6.07) is 18.8. The minimum Gasteiger partial charge on any atom is -0.345 e. The van der Waals surface area contributed by atoms with Crippen LogP contribution in [-0.2, 0) is 32.9 Å². The molecule has 0 aliphatic carbocycles. The standard InChI is InChI=1S/2C20H18ClFN4O4S2/c21-18-6-1-14(12-19(18)22)11-15-13-31-20(23-15)24-7-9-25(10-8-24)32(29,30)17-4-2-16(3-5-17)26(27)28;21-15-9-14(10-16(22)12-15)11-17-13-31-20(23-17)24-5-7-25(8-6-24)32(29,30)19-3-1-18(2-4-19)26(27)28/h1-6,12-13H,7-11H2;1-4,9-10,12-13H,5-8,11H2. The minimum absolute atomic E-state index is 0.0295. The molecule has 0 radical (unpaired) electrons. The van der Waals surface area contributed by atoms with Crippen molar-refractivity contribution in [2.75, 3.05) is 62.2 Å². The summed E-state index contributed by atoms with van der Waals surface area (Å²) in [6.07, 6.45) is 0.918. The highest BCUT2D eigenvalue weighted by molar-refractivity contribution is 7.89. The highest BCUT2D eigenvalue weighted by atomic mass is 35.5. The molecule has 0 unspecified atom stereocenters. The lowest BCUT2D eigenvalue weighted by atomic mass is 10.1. The largest absolute Gasteiger partial charge is 0.345 e. The van der Waals surface area contributed by atoms with Gasteiger partial charge in [-0.2, -0.15) is 8.61 Å². The summed E-state index contributed by atoms with van der Waals surface area (Å²) in [4.78, 5) is 33.7. The van der Waals surface area contributed by atoms with E-state index in [1.807, 2.05) is 20.6 Å². The number of non-ortho nitro benzene ring substituents is 2. The smallest absolute Gasteiger partial charge is 0.269 e. The number of thiazole rings is 2. The van der Waals surface area contributed by atoms with Gasteiger partial charge in [0.05, 0.1) is 36.0 Å². The maximum Gasteiger partial charge on any atom is 0.269 e. The second-order valence-electron chi connectivity index (χ2n) is 14.4. The van der Waals surface area contributed by atoms with Crippen LogP contribution in [0.4, 0.5) is 30.4 Å². The van der Waals surface area contributed by atoms with Gasteiger partial charge in [-0.25, -0.2) is 35.6 Å². The van der Waals surface area contributed by atoms with Crippen molar-refractivity contribution in [1.82, 2.24) is 18.6 Å². The molecular formula is C40H36Cl2F2N8O8S4. The van der Waals surface area contributed by atoms with Crippen molar-refractivity contribution in [3.63, 3.8) is 0 Å². The zero-order valence-electron chi connectivity index (χ0n) is 33.3. The van der Waals surface area contributed by atoms with Crippen LogP contribution in [0.1, 0.15) is 22.5 Å². The summed E-state index contributed by atoms with van der Waals surface area (Å²) in [5.74, 6) is -0.863. The van der Waals surface area contributed by atoms with Gasteiger partial charge in [-0.3, -0.25) is 20.2 Å². The lowest BCUT2D eigenvalue weighted by Gasteiger charge is -2.33. The fourth-order valence-electron chi connectivity index (χ4n) is 6.84. The zero-order valence-corrected chi connectivity index (χ0v) is 38.1. The van der Waals surface area contributed by atoms with Gasteiger partial charge in [0.1, 0.15) is 11.6 Å².